The number of aryl methyl sites for hydroxylation is 1. The van der Waals surface area contributed by atoms with Gasteiger partial charge in [-0.05, 0) is 62.1 Å². The van der Waals surface area contributed by atoms with E-state index in [0.29, 0.717) is 18.8 Å². The number of nitrogens with one attached hydrogen (secondary N) is 1. The van der Waals surface area contributed by atoms with Crippen LogP contribution in [0.1, 0.15) is 36.8 Å². The highest BCUT2D eigenvalue weighted by Gasteiger charge is 2.26. The molecule has 0 saturated carbocycles. The lowest BCUT2D eigenvalue weighted by atomic mass is 10.1. The van der Waals surface area contributed by atoms with Crippen molar-refractivity contribution in [3.63, 3.8) is 0 Å². The fourth-order valence-corrected chi connectivity index (χ4v) is 4.91. The maximum Gasteiger partial charge on any atom is 0.243 e. The molecule has 1 N–H and O–H groups in total. The number of nitrogens with zero attached hydrogens (tertiary/aromatic N) is 1. The maximum absolute atomic E-state index is 12.8. The largest absolute Gasteiger partial charge is 0.493 e. The number of ether oxygens (including phenoxy) is 1. The van der Waals surface area contributed by atoms with Gasteiger partial charge in [0.05, 0.1) is 17.9 Å². The second-order valence-corrected chi connectivity index (χ2v) is 9.28. The van der Waals surface area contributed by atoms with Crippen molar-refractivity contribution in [3.05, 3.63) is 53.6 Å². The number of sulfonamides is 1. The fourth-order valence-electron chi connectivity index (χ4n) is 3.35. The van der Waals surface area contributed by atoms with Crippen LogP contribution in [0.25, 0.3) is 0 Å². The van der Waals surface area contributed by atoms with Crippen molar-refractivity contribution in [2.24, 2.45) is 0 Å². The average molecular weight is 417 g/mol. The lowest BCUT2D eigenvalue weighted by molar-refractivity contribution is -0.116. The Balaban J connectivity index is 1.58. The van der Waals surface area contributed by atoms with E-state index < -0.39 is 10.0 Å². The summed E-state index contributed by atoms with van der Waals surface area (Å²) in [7, 11) is -3.52. The summed E-state index contributed by atoms with van der Waals surface area (Å²) in [6, 6.07) is 12.3. The lowest BCUT2D eigenvalue weighted by Crippen LogP contribution is -2.35. The van der Waals surface area contributed by atoms with Gasteiger partial charge in [0.25, 0.3) is 0 Å². The molecule has 0 atom stereocenters. The van der Waals surface area contributed by atoms with Gasteiger partial charge >= 0.3 is 0 Å². The van der Waals surface area contributed by atoms with Gasteiger partial charge in [-0.15, -0.1) is 0 Å². The zero-order valence-electron chi connectivity index (χ0n) is 17.0. The summed E-state index contributed by atoms with van der Waals surface area (Å²) < 4.78 is 32.9. The molecule has 1 saturated heterocycles. The summed E-state index contributed by atoms with van der Waals surface area (Å²) in [5.41, 5.74) is 2.67. The van der Waals surface area contributed by atoms with E-state index in [0.717, 1.165) is 36.1 Å². The molecule has 7 heteroatoms. The molecule has 3 rings (SSSR count). The molecular weight excluding hydrogens is 388 g/mol. The summed E-state index contributed by atoms with van der Waals surface area (Å²) in [5.74, 6) is 0.551. The summed E-state index contributed by atoms with van der Waals surface area (Å²) in [4.78, 5) is 12.5. The van der Waals surface area contributed by atoms with Crippen molar-refractivity contribution in [1.29, 1.82) is 0 Å². The molecule has 0 aliphatic carbocycles. The smallest absolute Gasteiger partial charge is 0.243 e. The molecule has 1 aliphatic heterocycles. The number of hydrogen-bond donors (Lipinski definition) is 1. The van der Waals surface area contributed by atoms with E-state index in [1.165, 1.54) is 10.4 Å². The van der Waals surface area contributed by atoms with Crippen LogP contribution in [0.3, 0.4) is 0 Å². The minimum Gasteiger partial charge on any atom is -0.493 e. The van der Waals surface area contributed by atoms with Gasteiger partial charge in [0, 0.05) is 18.8 Å². The Morgan fingerprint density at radius 2 is 1.79 bits per heavy atom. The van der Waals surface area contributed by atoms with Gasteiger partial charge in [-0.1, -0.05) is 24.6 Å². The summed E-state index contributed by atoms with van der Waals surface area (Å²) in [5, 5.41) is 2.77. The molecule has 6 nitrogen and oxygen atoms in total. The maximum atomic E-state index is 12.8. The van der Waals surface area contributed by atoms with Crippen molar-refractivity contribution in [2.75, 3.05) is 25.0 Å². The first-order chi connectivity index (χ1) is 13.9. The molecule has 1 aliphatic rings. The fraction of sp³-hybridized carbons (Fsp3) is 0.409. The third kappa shape index (κ3) is 5.36. The van der Waals surface area contributed by atoms with Crippen molar-refractivity contribution < 1.29 is 17.9 Å². The van der Waals surface area contributed by atoms with Crippen LogP contribution in [0, 0.1) is 13.8 Å². The Bertz CT molecular complexity index is 967. The number of benzene rings is 2. The first kappa shape index (κ1) is 21.3. The first-order valence-electron chi connectivity index (χ1n) is 9.97. The zero-order valence-corrected chi connectivity index (χ0v) is 17.8. The van der Waals surface area contributed by atoms with Gasteiger partial charge in [-0.3, -0.25) is 4.79 Å². The molecule has 2 aromatic rings. The third-order valence-corrected chi connectivity index (χ3v) is 7.11. The van der Waals surface area contributed by atoms with E-state index in [-0.39, 0.29) is 23.8 Å². The Kier molecular flexibility index (Phi) is 6.92. The van der Waals surface area contributed by atoms with Crippen LogP contribution in [0.4, 0.5) is 5.69 Å². The Morgan fingerprint density at radius 3 is 2.55 bits per heavy atom. The van der Waals surface area contributed by atoms with Crippen molar-refractivity contribution in [3.8, 4) is 5.75 Å². The van der Waals surface area contributed by atoms with Crippen LogP contribution in [0.15, 0.2) is 47.4 Å². The van der Waals surface area contributed by atoms with Gasteiger partial charge < -0.3 is 10.1 Å². The van der Waals surface area contributed by atoms with Crippen molar-refractivity contribution in [2.45, 2.75) is 44.4 Å². The molecule has 156 valence electrons. The van der Waals surface area contributed by atoms with Crippen LogP contribution in [0.2, 0.25) is 0 Å². The van der Waals surface area contributed by atoms with Gasteiger partial charge in [-0.25, -0.2) is 8.42 Å². The molecule has 29 heavy (non-hydrogen) atoms. The van der Waals surface area contributed by atoms with E-state index in [4.69, 9.17) is 4.74 Å². The van der Waals surface area contributed by atoms with Gasteiger partial charge in [0.15, 0.2) is 0 Å². The van der Waals surface area contributed by atoms with Gasteiger partial charge in [0.2, 0.25) is 15.9 Å². The van der Waals surface area contributed by atoms with Crippen LogP contribution in [0.5, 0.6) is 5.75 Å². The lowest BCUT2D eigenvalue weighted by Gasteiger charge is -2.26. The van der Waals surface area contributed by atoms with Crippen molar-refractivity contribution in [1.82, 2.24) is 4.31 Å². The van der Waals surface area contributed by atoms with E-state index in [1.54, 1.807) is 18.2 Å². The van der Waals surface area contributed by atoms with E-state index in [1.807, 2.05) is 32.0 Å². The number of carbonyl (C=O) groups excluding carboxylic acids is 1. The molecule has 1 fully saturated rings. The molecule has 0 radical (unpaired) electrons. The highest BCUT2D eigenvalue weighted by Crippen LogP contribution is 2.23. The van der Waals surface area contributed by atoms with E-state index in [9.17, 15) is 13.2 Å². The monoisotopic (exact) mass is 416 g/mol. The highest BCUT2D eigenvalue weighted by molar-refractivity contribution is 7.89. The van der Waals surface area contributed by atoms with Crippen LogP contribution >= 0.6 is 0 Å². The van der Waals surface area contributed by atoms with E-state index >= 15 is 0 Å². The highest BCUT2D eigenvalue weighted by atomic mass is 32.2. The molecule has 0 unspecified atom stereocenters. The van der Waals surface area contributed by atoms with Crippen LogP contribution in [-0.2, 0) is 14.8 Å². The Labute approximate surface area is 172 Å². The van der Waals surface area contributed by atoms with E-state index in [2.05, 4.69) is 5.32 Å². The normalized spacial score (nSPS) is 15.1. The second kappa shape index (κ2) is 9.41. The molecule has 0 bridgehead atoms. The summed E-state index contributed by atoms with van der Waals surface area (Å²) in [6.07, 6.45) is 3.01. The number of amides is 1. The molecule has 1 amide bonds. The Morgan fingerprint density at radius 1 is 1.07 bits per heavy atom. The minimum atomic E-state index is -3.52. The number of hydrogen-bond acceptors (Lipinski definition) is 4. The second-order valence-electron chi connectivity index (χ2n) is 7.34. The minimum absolute atomic E-state index is 0.177. The molecular formula is C22H28N2O4S. The number of anilines is 1. The summed E-state index contributed by atoms with van der Waals surface area (Å²) in [6.45, 7) is 5.35. The molecule has 0 aromatic heterocycles. The topological polar surface area (TPSA) is 75.7 Å². The van der Waals surface area contributed by atoms with Crippen molar-refractivity contribution >= 4 is 21.6 Å². The average Bonchev–Trinajstić information content (AvgIpc) is 2.72. The van der Waals surface area contributed by atoms with Crippen LogP contribution in [-0.4, -0.2) is 38.3 Å². The standard InChI is InChI=1S/C22H28N2O4S/c1-17-8-6-11-21(18(17)2)28-15-12-22(25)23-19-9-7-10-20(16-19)29(26,27)24-13-4-3-5-14-24/h6-11,16H,3-5,12-15H2,1-2H3,(H,23,25). The number of piperidine rings is 1. The molecule has 1 heterocycles. The van der Waals surface area contributed by atoms with Gasteiger partial charge in [0.1, 0.15) is 5.75 Å². The Hall–Kier alpha value is -2.38. The molecule has 2 aromatic carbocycles. The first-order valence-corrected chi connectivity index (χ1v) is 11.4. The number of carbonyl (C=O) groups is 1. The zero-order chi connectivity index (χ0) is 20.9. The molecule has 0 spiro atoms. The van der Waals surface area contributed by atoms with Gasteiger partial charge in [-0.2, -0.15) is 4.31 Å². The predicted molar refractivity (Wildman–Crippen MR) is 114 cm³/mol. The quantitative estimate of drug-likeness (QED) is 0.743. The third-order valence-electron chi connectivity index (χ3n) is 5.21. The van der Waals surface area contributed by atoms with Crippen LogP contribution < -0.4 is 10.1 Å². The summed E-state index contributed by atoms with van der Waals surface area (Å²) >= 11 is 0. The predicted octanol–water partition coefficient (Wildman–Crippen LogP) is 3.89. The number of rotatable bonds is 7. The SMILES string of the molecule is Cc1cccc(OCCC(=O)Nc2cccc(S(=O)(=O)N3CCCCC3)c2)c1C.